The van der Waals surface area contributed by atoms with E-state index in [1.807, 2.05) is 6.08 Å². The minimum atomic E-state index is -1.18. The summed E-state index contributed by atoms with van der Waals surface area (Å²) in [6, 6.07) is 2.19. The van der Waals surface area contributed by atoms with Crippen LogP contribution in [0.15, 0.2) is 23.8 Å². The number of allylic oxidation sites excluding steroid dienone is 1. The standard InChI is InChI=1S/C19H26O2.C7H2F3N/c1-18-9-7-13(20)11-12(18)3-4-14-15-5-6-17(21)19(15,2)10-8-16(14)18;8-4-1-6(9)5(3-11)7(10)2-4/h11,14-16H,3-10H2,1-2H3;1-2H/t14-,15-,16-,18-,19-;/m0./s1. The highest BCUT2D eigenvalue weighted by Crippen LogP contribution is 2.64. The summed E-state index contributed by atoms with van der Waals surface area (Å²) in [5, 5.41) is 8.14. The van der Waals surface area contributed by atoms with Crippen molar-refractivity contribution >= 4 is 11.6 Å². The number of rotatable bonds is 0. The summed E-state index contributed by atoms with van der Waals surface area (Å²) in [6.07, 6.45) is 10.2. The van der Waals surface area contributed by atoms with Crippen LogP contribution in [0.2, 0.25) is 0 Å². The Morgan fingerprint density at radius 1 is 0.906 bits per heavy atom. The van der Waals surface area contributed by atoms with E-state index in [9.17, 15) is 22.8 Å². The zero-order valence-electron chi connectivity index (χ0n) is 18.5. The first kappa shape index (κ1) is 22.8. The number of carbonyl (C=O) groups is 2. The predicted octanol–water partition coefficient (Wildman–Crippen LogP) is 6.06. The molecule has 0 amide bonds. The van der Waals surface area contributed by atoms with Gasteiger partial charge in [0.05, 0.1) is 0 Å². The topological polar surface area (TPSA) is 57.9 Å². The lowest BCUT2D eigenvalue weighted by molar-refractivity contribution is -0.132. The van der Waals surface area contributed by atoms with E-state index in [1.54, 1.807) is 0 Å². The van der Waals surface area contributed by atoms with Gasteiger partial charge in [0.2, 0.25) is 0 Å². The predicted molar refractivity (Wildman–Crippen MR) is 113 cm³/mol. The van der Waals surface area contributed by atoms with Crippen LogP contribution in [0.3, 0.4) is 0 Å². The van der Waals surface area contributed by atoms with Crippen molar-refractivity contribution in [2.24, 2.45) is 28.6 Å². The number of halogens is 3. The van der Waals surface area contributed by atoms with Gasteiger partial charge in [-0.05, 0) is 67.8 Å². The van der Waals surface area contributed by atoms with Gasteiger partial charge in [-0.3, -0.25) is 9.59 Å². The van der Waals surface area contributed by atoms with E-state index < -0.39 is 23.0 Å². The normalized spacial score (nSPS) is 35.5. The summed E-state index contributed by atoms with van der Waals surface area (Å²) in [6.45, 7) is 4.64. The summed E-state index contributed by atoms with van der Waals surface area (Å²) in [5.41, 5.74) is 0.881. The van der Waals surface area contributed by atoms with Crippen molar-refractivity contribution in [3.63, 3.8) is 0 Å². The van der Waals surface area contributed by atoms with Crippen molar-refractivity contribution in [1.82, 2.24) is 0 Å². The Labute approximate surface area is 186 Å². The van der Waals surface area contributed by atoms with Gasteiger partial charge in [-0.1, -0.05) is 19.4 Å². The summed E-state index contributed by atoms with van der Waals surface area (Å²) >= 11 is 0. The number of nitriles is 1. The average Bonchev–Trinajstić information content (AvgIpc) is 3.03. The molecule has 0 radical (unpaired) electrons. The van der Waals surface area contributed by atoms with Gasteiger partial charge in [-0.15, -0.1) is 0 Å². The van der Waals surface area contributed by atoms with Crippen molar-refractivity contribution in [2.45, 2.75) is 65.2 Å². The number of ketones is 2. The molecule has 1 aromatic carbocycles. The first-order valence-electron chi connectivity index (χ1n) is 11.4. The minimum Gasteiger partial charge on any atom is -0.299 e. The number of fused-ring (bicyclic) bond motifs is 5. The smallest absolute Gasteiger partial charge is 0.155 e. The van der Waals surface area contributed by atoms with Gasteiger partial charge in [0.1, 0.15) is 34.9 Å². The van der Waals surface area contributed by atoms with Crippen LogP contribution in [0.5, 0.6) is 0 Å². The van der Waals surface area contributed by atoms with Crippen LogP contribution in [0.1, 0.15) is 70.8 Å². The molecule has 0 bridgehead atoms. The second-order valence-corrected chi connectivity index (χ2v) is 10.2. The van der Waals surface area contributed by atoms with E-state index in [2.05, 4.69) is 13.8 Å². The van der Waals surface area contributed by atoms with E-state index in [0.717, 1.165) is 38.5 Å². The first-order valence-corrected chi connectivity index (χ1v) is 11.4. The molecular weight excluding hydrogens is 415 g/mol. The highest BCUT2D eigenvalue weighted by atomic mass is 19.1. The molecule has 3 nitrogen and oxygen atoms in total. The molecule has 5 rings (SSSR count). The maximum atomic E-state index is 12.4. The van der Waals surface area contributed by atoms with Crippen LogP contribution in [-0.4, -0.2) is 11.6 Å². The summed E-state index contributed by atoms with van der Waals surface area (Å²) in [5.74, 6) is -0.497. The van der Waals surface area contributed by atoms with Crippen LogP contribution < -0.4 is 0 Å². The maximum Gasteiger partial charge on any atom is 0.155 e. The second-order valence-electron chi connectivity index (χ2n) is 10.2. The molecule has 0 unspecified atom stereocenters. The number of nitrogens with zero attached hydrogens (tertiary/aromatic N) is 1. The van der Waals surface area contributed by atoms with Gasteiger partial charge in [0.25, 0.3) is 0 Å². The van der Waals surface area contributed by atoms with Crippen LogP contribution in [-0.2, 0) is 9.59 Å². The van der Waals surface area contributed by atoms with Gasteiger partial charge in [0, 0.05) is 30.4 Å². The van der Waals surface area contributed by atoms with Gasteiger partial charge in [-0.25, -0.2) is 13.2 Å². The molecule has 32 heavy (non-hydrogen) atoms. The Morgan fingerprint density at radius 2 is 1.56 bits per heavy atom. The third-order valence-electron chi connectivity index (χ3n) is 8.79. The van der Waals surface area contributed by atoms with Crippen LogP contribution in [0.4, 0.5) is 13.2 Å². The number of Topliss-reactive ketones (excluding diaryl/α,β-unsaturated/α-hetero) is 1. The lowest BCUT2D eigenvalue weighted by Crippen LogP contribution is -2.50. The average molecular weight is 444 g/mol. The van der Waals surface area contributed by atoms with Gasteiger partial charge in [-0.2, -0.15) is 5.26 Å². The molecule has 170 valence electrons. The number of hydrogen-bond acceptors (Lipinski definition) is 3. The van der Waals surface area contributed by atoms with E-state index in [4.69, 9.17) is 5.26 Å². The molecule has 0 spiro atoms. The quantitative estimate of drug-likeness (QED) is 0.489. The van der Waals surface area contributed by atoms with Crippen molar-refractivity contribution in [3.8, 4) is 6.07 Å². The Morgan fingerprint density at radius 3 is 2.22 bits per heavy atom. The molecular formula is C26H28F3NO2. The molecule has 0 N–H and O–H groups in total. The third kappa shape index (κ3) is 3.60. The lowest BCUT2D eigenvalue weighted by atomic mass is 9.47. The highest BCUT2D eigenvalue weighted by molar-refractivity contribution is 5.91. The summed E-state index contributed by atoms with van der Waals surface area (Å²) in [7, 11) is 0. The van der Waals surface area contributed by atoms with E-state index in [-0.39, 0.29) is 10.8 Å². The molecule has 6 heteroatoms. The van der Waals surface area contributed by atoms with Crippen LogP contribution in [0, 0.1) is 57.4 Å². The first-order chi connectivity index (χ1) is 15.1. The van der Waals surface area contributed by atoms with E-state index in [0.29, 0.717) is 41.5 Å². The zero-order valence-corrected chi connectivity index (χ0v) is 18.5. The zero-order chi connectivity index (χ0) is 23.3. The summed E-state index contributed by atoms with van der Waals surface area (Å²) in [4.78, 5) is 24.1. The highest BCUT2D eigenvalue weighted by Gasteiger charge is 2.58. The molecule has 0 saturated heterocycles. The molecule has 1 aromatic rings. The number of carbonyl (C=O) groups excluding carboxylic acids is 2. The molecule has 3 fully saturated rings. The van der Waals surface area contributed by atoms with Crippen LogP contribution in [0.25, 0.3) is 0 Å². The number of benzene rings is 1. The van der Waals surface area contributed by atoms with Crippen LogP contribution >= 0.6 is 0 Å². The molecule has 5 atom stereocenters. The Bertz CT molecular complexity index is 1020. The summed E-state index contributed by atoms with van der Waals surface area (Å²) < 4.78 is 37.0. The van der Waals surface area contributed by atoms with Crippen molar-refractivity contribution in [1.29, 1.82) is 5.26 Å². The largest absolute Gasteiger partial charge is 0.299 e. The van der Waals surface area contributed by atoms with Gasteiger partial charge < -0.3 is 0 Å². The molecule has 4 aliphatic carbocycles. The molecule has 0 aliphatic heterocycles. The SMILES string of the molecule is C[C@]12CCC(=O)C=C1CC[C@@H]1[C@@H]2CC[C@]2(C)C(=O)CC[C@@H]12.N#Cc1c(F)cc(F)cc1F. The Hall–Kier alpha value is -2.42. The fourth-order valence-corrected chi connectivity index (χ4v) is 6.98. The van der Waals surface area contributed by atoms with Gasteiger partial charge in [0.15, 0.2) is 5.78 Å². The molecule has 4 aliphatic rings. The maximum absolute atomic E-state index is 12.4. The van der Waals surface area contributed by atoms with E-state index in [1.165, 1.54) is 24.5 Å². The second kappa shape index (κ2) is 8.17. The lowest BCUT2D eigenvalue weighted by Gasteiger charge is -2.56. The van der Waals surface area contributed by atoms with Gasteiger partial charge >= 0.3 is 0 Å². The van der Waals surface area contributed by atoms with E-state index >= 15 is 0 Å². The number of hydrogen-bond donors (Lipinski definition) is 0. The van der Waals surface area contributed by atoms with Crippen molar-refractivity contribution < 1.29 is 22.8 Å². The monoisotopic (exact) mass is 443 g/mol. The molecule has 0 heterocycles. The van der Waals surface area contributed by atoms with Crippen molar-refractivity contribution in [2.75, 3.05) is 0 Å². The fraction of sp³-hybridized carbons (Fsp3) is 0.577. The Kier molecular flexibility index (Phi) is 5.81. The molecule has 3 saturated carbocycles. The fourth-order valence-electron chi connectivity index (χ4n) is 6.98. The molecule has 0 aromatic heterocycles. The van der Waals surface area contributed by atoms with Crippen molar-refractivity contribution in [3.05, 3.63) is 46.8 Å². The minimum absolute atomic E-state index is 0.0246. The Balaban J connectivity index is 0.000000189. The third-order valence-corrected chi connectivity index (χ3v) is 8.79.